The van der Waals surface area contributed by atoms with E-state index in [-0.39, 0.29) is 0 Å². The number of para-hydroxylation sites is 1. The fourth-order valence-corrected chi connectivity index (χ4v) is 1.93. The van der Waals surface area contributed by atoms with Gasteiger partial charge >= 0.3 is 0 Å². The number of hydrogen-bond acceptors (Lipinski definition) is 3. The highest BCUT2D eigenvalue weighted by Gasteiger charge is 2.05. The van der Waals surface area contributed by atoms with E-state index in [4.69, 9.17) is 11.6 Å². The van der Waals surface area contributed by atoms with Gasteiger partial charge in [-0.2, -0.15) is 5.10 Å². The van der Waals surface area contributed by atoms with E-state index in [2.05, 4.69) is 15.8 Å². The predicted molar refractivity (Wildman–Crippen MR) is 83.3 cm³/mol. The molecule has 4 heteroatoms. The van der Waals surface area contributed by atoms with Crippen molar-refractivity contribution in [1.29, 1.82) is 0 Å². The second-order valence-corrected chi connectivity index (χ2v) is 4.55. The molecule has 98 valence electrons. The van der Waals surface area contributed by atoms with Crippen molar-refractivity contribution in [3.8, 4) is 0 Å². The lowest BCUT2D eigenvalue weighted by Gasteiger charge is -2.09. The largest absolute Gasteiger partial charge is 0.388 e. The molecule has 0 atom stereocenters. The normalized spacial score (nSPS) is 11.2. The molecule has 3 nitrogen and oxygen atoms in total. The van der Waals surface area contributed by atoms with Crippen LogP contribution in [0.25, 0.3) is 0 Å². The first-order chi connectivity index (χ1) is 9.20. The Morgan fingerprint density at radius 2 is 1.84 bits per heavy atom. The van der Waals surface area contributed by atoms with Crippen LogP contribution in [0.15, 0.2) is 53.6 Å². The van der Waals surface area contributed by atoms with E-state index in [0.29, 0.717) is 5.02 Å². The van der Waals surface area contributed by atoms with E-state index in [1.807, 2.05) is 62.5 Å². The molecular weight excluding hydrogens is 258 g/mol. The standard InChI is InChI=1S/C15H16ClN3/c1-11(18-19-13-6-4-3-5-7-13)14-10-12(16)8-9-15(14)17-2/h3-10,17,19H,1-2H3/b18-11-. The van der Waals surface area contributed by atoms with Crippen LogP contribution in [0.4, 0.5) is 11.4 Å². The highest BCUT2D eigenvalue weighted by atomic mass is 35.5. The predicted octanol–water partition coefficient (Wildman–Crippen LogP) is 4.22. The van der Waals surface area contributed by atoms with Crippen LogP contribution in [0.3, 0.4) is 0 Å². The summed E-state index contributed by atoms with van der Waals surface area (Å²) >= 11 is 6.03. The van der Waals surface area contributed by atoms with Gasteiger partial charge in [-0.15, -0.1) is 0 Å². The monoisotopic (exact) mass is 273 g/mol. The summed E-state index contributed by atoms with van der Waals surface area (Å²) in [7, 11) is 1.88. The summed E-state index contributed by atoms with van der Waals surface area (Å²) in [6.07, 6.45) is 0. The van der Waals surface area contributed by atoms with Crippen molar-refractivity contribution in [3.63, 3.8) is 0 Å². The van der Waals surface area contributed by atoms with E-state index in [9.17, 15) is 0 Å². The second kappa shape index (κ2) is 6.25. The van der Waals surface area contributed by atoms with Crippen molar-refractivity contribution in [1.82, 2.24) is 0 Å². The molecule has 2 aromatic carbocycles. The first kappa shape index (κ1) is 13.4. The number of benzene rings is 2. The molecule has 2 aromatic rings. The van der Waals surface area contributed by atoms with Crippen LogP contribution in [-0.2, 0) is 0 Å². The molecule has 0 heterocycles. The average Bonchev–Trinajstić information content (AvgIpc) is 2.46. The number of halogens is 1. The summed E-state index contributed by atoms with van der Waals surface area (Å²) in [5.41, 5.74) is 6.84. The first-order valence-corrected chi connectivity index (χ1v) is 6.41. The van der Waals surface area contributed by atoms with Gasteiger partial charge in [0.15, 0.2) is 0 Å². The number of hydrogen-bond donors (Lipinski definition) is 2. The lowest BCUT2D eigenvalue weighted by atomic mass is 10.1. The van der Waals surface area contributed by atoms with Crippen LogP contribution >= 0.6 is 11.6 Å². The smallest absolute Gasteiger partial charge is 0.0669 e. The summed E-state index contributed by atoms with van der Waals surface area (Å²) in [5, 5.41) is 8.21. The molecule has 0 aliphatic rings. The molecule has 2 N–H and O–H groups in total. The van der Waals surface area contributed by atoms with Crippen LogP contribution in [-0.4, -0.2) is 12.8 Å². The number of nitrogens with zero attached hydrogens (tertiary/aromatic N) is 1. The van der Waals surface area contributed by atoms with E-state index in [1.165, 1.54) is 0 Å². The summed E-state index contributed by atoms with van der Waals surface area (Å²) in [4.78, 5) is 0. The van der Waals surface area contributed by atoms with Gasteiger partial charge in [-0.1, -0.05) is 29.8 Å². The number of nitrogens with one attached hydrogen (secondary N) is 2. The number of rotatable bonds is 4. The molecule has 0 saturated heterocycles. The second-order valence-electron chi connectivity index (χ2n) is 4.11. The molecule has 0 fully saturated rings. The Morgan fingerprint density at radius 3 is 2.53 bits per heavy atom. The molecule has 2 rings (SSSR count). The zero-order valence-corrected chi connectivity index (χ0v) is 11.7. The number of anilines is 2. The summed E-state index contributed by atoms with van der Waals surface area (Å²) < 4.78 is 0. The quantitative estimate of drug-likeness (QED) is 0.646. The van der Waals surface area contributed by atoms with E-state index in [0.717, 1.165) is 22.6 Å². The van der Waals surface area contributed by atoms with Crippen LogP contribution in [0.5, 0.6) is 0 Å². The molecule has 0 unspecified atom stereocenters. The summed E-state index contributed by atoms with van der Waals surface area (Å²) in [6.45, 7) is 1.95. The zero-order chi connectivity index (χ0) is 13.7. The molecule has 0 aliphatic heterocycles. The SMILES string of the molecule is CNc1ccc(Cl)cc1/C(C)=N\Nc1ccccc1. The molecule has 0 spiro atoms. The van der Waals surface area contributed by atoms with Crippen molar-refractivity contribution in [2.24, 2.45) is 5.10 Å². The first-order valence-electron chi connectivity index (χ1n) is 6.03. The van der Waals surface area contributed by atoms with Crippen molar-refractivity contribution in [2.45, 2.75) is 6.92 Å². The van der Waals surface area contributed by atoms with Crippen LogP contribution in [0, 0.1) is 0 Å². The van der Waals surface area contributed by atoms with Crippen LogP contribution in [0.2, 0.25) is 5.02 Å². The minimum absolute atomic E-state index is 0.697. The molecule has 0 aromatic heterocycles. The Hall–Kier alpha value is -2.00. The maximum absolute atomic E-state index is 6.03. The third-order valence-electron chi connectivity index (χ3n) is 2.77. The maximum Gasteiger partial charge on any atom is 0.0669 e. The van der Waals surface area contributed by atoms with Gasteiger partial charge in [-0.25, -0.2) is 0 Å². The molecular formula is C15H16ClN3. The minimum atomic E-state index is 0.697. The Bertz CT molecular complexity index is 579. The van der Waals surface area contributed by atoms with Gasteiger partial charge < -0.3 is 5.32 Å². The maximum atomic E-state index is 6.03. The van der Waals surface area contributed by atoms with Crippen molar-refractivity contribution >= 4 is 28.7 Å². The fourth-order valence-electron chi connectivity index (χ4n) is 1.76. The van der Waals surface area contributed by atoms with Crippen molar-refractivity contribution < 1.29 is 0 Å². The Labute approximate surface area is 118 Å². The van der Waals surface area contributed by atoms with Gasteiger partial charge in [0.05, 0.1) is 11.4 Å². The molecule has 0 saturated carbocycles. The summed E-state index contributed by atoms with van der Waals surface area (Å²) in [6, 6.07) is 15.5. The molecule has 0 bridgehead atoms. The third-order valence-corrected chi connectivity index (χ3v) is 3.00. The molecule has 0 aliphatic carbocycles. The highest BCUT2D eigenvalue weighted by molar-refractivity contribution is 6.31. The fraction of sp³-hybridized carbons (Fsp3) is 0.133. The number of hydrazone groups is 1. The lowest BCUT2D eigenvalue weighted by molar-refractivity contribution is 1.32. The van der Waals surface area contributed by atoms with Gasteiger partial charge in [-0.05, 0) is 37.3 Å². The van der Waals surface area contributed by atoms with E-state index >= 15 is 0 Å². The molecule has 19 heavy (non-hydrogen) atoms. The Morgan fingerprint density at radius 1 is 1.11 bits per heavy atom. The zero-order valence-electron chi connectivity index (χ0n) is 10.9. The summed E-state index contributed by atoms with van der Waals surface area (Å²) in [5.74, 6) is 0. The Balaban J connectivity index is 2.23. The topological polar surface area (TPSA) is 36.4 Å². The van der Waals surface area contributed by atoms with Gasteiger partial charge in [0.1, 0.15) is 0 Å². The van der Waals surface area contributed by atoms with E-state index in [1.54, 1.807) is 0 Å². The van der Waals surface area contributed by atoms with Crippen molar-refractivity contribution in [3.05, 3.63) is 59.1 Å². The van der Waals surface area contributed by atoms with Gasteiger partial charge in [0.25, 0.3) is 0 Å². The van der Waals surface area contributed by atoms with Gasteiger partial charge in [0, 0.05) is 23.3 Å². The van der Waals surface area contributed by atoms with E-state index < -0.39 is 0 Å². The van der Waals surface area contributed by atoms with Crippen molar-refractivity contribution in [2.75, 3.05) is 17.8 Å². The van der Waals surface area contributed by atoms with Crippen LogP contribution in [0.1, 0.15) is 12.5 Å². The lowest BCUT2D eigenvalue weighted by Crippen LogP contribution is -2.04. The minimum Gasteiger partial charge on any atom is -0.388 e. The Kier molecular flexibility index (Phi) is 4.42. The van der Waals surface area contributed by atoms with Gasteiger partial charge in [-0.3, -0.25) is 5.43 Å². The highest BCUT2D eigenvalue weighted by Crippen LogP contribution is 2.21. The molecule has 0 radical (unpaired) electrons. The van der Waals surface area contributed by atoms with Crippen LogP contribution < -0.4 is 10.7 Å². The molecule has 0 amide bonds. The van der Waals surface area contributed by atoms with Gasteiger partial charge in [0.2, 0.25) is 0 Å². The third kappa shape index (κ3) is 3.48. The average molecular weight is 274 g/mol.